The van der Waals surface area contributed by atoms with Gasteiger partial charge < -0.3 is 8.85 Å². The lowest BCUT2D eigenvalue weighted by Gasteiger charge is -2.09. The number of benzene rings is 1. The van der Waals surface area contributed by atoms with Crippen molar-refractivity contribution in [2.45, 2.75) is 13.8 Å². The maximum absolute atomic E-state index is 5.50. The Morgan fingerprint density at radius 3 is 2.35 bits per heavy atom. The molecule has 0 amide bonds. The van der Waals surface area contributed by atoms with Gasteiger partial charge in [0, 0.05) is 18.8 Å². The Morgan fingerprint density at radius 2 is 1.76 bits per heavy atom. The highest BCUT2D eigenvalue weighted by Crippen LogP contribution is 1.95. The number of hydrogen-bond acceptors (Lipinski definition) is 2. The van der Waals surface area contributed by atoms with Gasteiger partial charge in [-0.1, -0.05) is 30.0 Å². The molecule has 0 atom stereocenters. The van der Waals surface area contributed by atoms with Crippen molar-refractivity contribution in [2.75, 3.05) is 13.2 Å². The van der Waals surface area contributed by atoms with Crippen molar-refractivity contribution < 1.29 is 8.85 Å². The van der Waals surface area contributed by atoms with Crippen molar-refractivity contribution >= 4 is 9.28 Å². The first kappa shape index (κ1) is 13.7. The molecule has 1 aromatic rings. The van der Waals surface area contributed by atoms with Crippen LogP contribution in [0, 0.1) is 11.8 Å². The predicted molar refractivity (Wildman–Crippen MR) is 72.9 cm³/mol. The molecule has 17 heavy (non-hydrogen) atoms. The summed E-state index contributed by atoms with van der Waals surface area (Å²) in [5.74, 6) is 6.05. The lowest BCUT2D eigenvalue weighted by atomic mass is 10.2. The number of allylic oxidation sites excluding steroid dienone is 1. The van der Waals surface area contributed by atoms with Gasteiger partial charge in [0.25, 0.3) is 0 Å². The van der Waals surface area contributed by atoms with Crippen LogP contribution >= 0.6 is 0 Å². The highest BCUT2D eigenvalue weighted by Gasteiger charge is 2.05. The second-order valence-corrected chi connectivity index (χ2v) is 5.06. The molecule has 0 spiro atoms. The fourth-order valence-electron chi connectivity index (χ4n) is 1.26. The van der Waals surface area contributed by atoms with Crippen LogP contribution in [0.25, 0.3) is 0 Å². The van der Waals surface area contributed by atoms with E-state index in [-0.39, 0.29) is 0 Å². The van der Waals surface area contributed by atoms with Crippen molar-refractivity contribution in [3.8, 4) is 11.8 Å². The summed E-state index contributed by atoms with van der Waals surface area (Å²) in [6.07, 6.45) is 1.83. The van der Waals surface area contributed by atoms with E-state index in [1.54, 1.807) is 0 Å². The topological polar surface area (TPSA) is 18.5 Å². The van der Waals surface area contributed by atoms with Crippen LogP contribution in [0.3, 0.4) is 0 Å². The van der Waals surface area contributed by atoms with Crippen molar-refractivity contribution in [1.29, 1.82) is 0 Å². The van der Waals surface area contributed by atoms with Crippen LogP contribution in [0.5, 0.6) is 0 Å². The van der Waals surface area contributed by atoms with Crippen molar-refractivity contribution in [2.24, 2.45) is 0 Å². The van der Waals surface area contributed by atoms with E-state index < -0.39 is 9.28 Å². The van der Waals surface area contributed by atoms with E-state index in [9.17, 15) is 0 Å². The molecule has 0 saturated carbocycles. The maximum atomic E-state index is 5.50. The van der Waals surface area contributed by atoms with Crippen LogP contribution in [-0.4, -0.2) is 22.5 Å². The van der Waals surface area contributed by atoms with E-state index in [1.165, 1.54) is 0 Å². The van der Waals surface area contributed by atoms with E-state index in [0.717, 1.165) is 5.56 Å². The molecule has 0 bridgehead atoms. The zero-order valence-electron chi connectivity index (χ0n) is 10.3. The fraction of sp³-hybridized carbons (Fsp3) is 0.286. The molecular formula is C14H18O2Si. The van der Waals surface area contributed by atoms with Gasteiger partial charge in [0.15, 0.2) is 0 Å². The lowest BCUT2D eigenvalue weighted by Crippen LogP contribution is -2.20. The largest absolute Gasteiger partial charge is 0.394 e. The van der Waals surface area contributed by atoms with Crippen molar-refractivity contribution in [1.82, 2.24) is 0 Å². The molecule has 1 aromatic carbocycles. The molecule has 0 N–H and O–H groups in total. The van der Waals surface area contributed by atoms with Crippen LogP contribution < -0.4 is 0 Å². The molecule has 0 aliphatic carbocycles. The quantitative estimate of drug-likeness (QED) is 0.587. The highest BCUT2D eigenvalue weighted by molar-refractivity contribution is 6.50. The van der Waals surface area contributed by atoms with Gasteiger partial charge in [-0.05, 0) is 37.8 Å². The summed E-state index contributed by atoms with van der Waals surface area (Å²) in [7, 11) is -1.64. The third-order valence-electron chi connectivity index (χ3n) is 1.99. The lowest BCUT2D eigenvalue weighted by molar-refractivity contribution is 0.224. The van der Waals surface area contributed by atoms with Crippen molar-refractivity contribution in [3.05, 3.63) is 47.7 Å². The molecule has 2 nitrogen and oxygen atoms in total. The van der Waals surface area contributed by atoms with Gasteiger partial charge in [0.2, 0.25) is 0 Å². The summed E-state index contributed by atoms with van der Waals surface area (Å²) in [4.78, 5) is 0. The normalized spacial score (nSPS) is 10.5. The Hall–Kier alpha value is -1.34. The second-order valence-electron chi connectivity index (χ2n) is 3.27. The Bertz CT molecular complexity index is 384. The molecule has 0 unspecified atom stereocenters. The third-order valence-corrected chi connectivity index (χ3v) is 3.82. The predicted octanol–water partition coefficient (Wildman–Crippen LogP) is 2.43. The Morgan fingerprint density at radius 1 is 1.12 bits per heavy atom. The Kier molecular flexibility index (Phi) is 7.08. The van der Waals surface area contributed by atoms with Crippen LogP contribution in [0.4, 0.5) is 0 Å². The van der Waals surface area contributed by atoms with E-state index in [0.29, 0.717) is 13.2 Å². The molecular weight excluding hydrogens is 228 g/mol. The first-order valence-electron chi connectivity index (χ1n) is 5.83. The van der Waals surface area contributed by atoms with Crippen LogP contribution in [0.15, 0.2) is 42.1 Å². The summed E-state index contributed by atoms with van der Waals surface area (Å²) >= 11 is 0. The number of rotatable bonds is 5. The Balaban J connectivity index is 2.50. The first-order chi connectivity index (χ1) is 8.36. The van der Waals surface area contributed by atoms with Gasteiger partial charge in [0.1, 0.15) is 0 Å². The molecule has 3 heteroatoms. The van der Waals surface area contributed by atoms with Crippen LogP contribution in [-0.2, 0) is 8.85 Å². The third kappa shape index (κ3) is 6.08. The zero-order valence-corrected chi connectivity index (χ0v) is 11.5. The van der Waals surface area contributed by atoms with Crippen molar-refractivity contribution in [3.63, 3.8) is 0 Å². The monoisotopic (exact) mass is 246 g/mol. The fourth-order valence-corrected chi connectivity index (χ4v) is 2.49. The molecule has 0 heterocycles. The SMILES string of the molecule is CCO[SiH](C=CC#Cc1ccccc1)OCC. The molecule has 0 aliphatic heterocycles. The Labute approximate surface area is 105 Å². The summed E-state index contributed by atoms with van der Waals surface area (Å²) in [5, 5.41) is 0. The molecule has 0 radical (unpaired) electrons. The minimum absolute atomic E-state index is 0.688. The summed E-state index contributed by atoms with van der Waals surface area (Å²) < 4.78 is 11.0. The zero-order chi connectivity index (χ0) is 12.3. The van der Waals surface area contributed by atoms with Gasteiger partial charge >= 0.3 is 9.28 Å². The van der Waals surface area contributed by atoms with Gasteiger partial charge in [-0.25, -0.2) is 0 Å². The van der Waals surface area contributed by atoms with Gasteiger partial charge in [-0.3, -0.25) is 0 Å². The van der Waals surface area contributed by atoms with Gasteiger partial charge in [-0.15, -0.1) is 0 Å². The first-order valence-corrected chi connectivity index (χ1v) is 7.44. The minimum atomic E-state index is -1.64. The van der Waals surface area contributed by atoms with Gasteiger partial charge in [0.05, 0.1) is 0 Å². The molecule has 1 rings (SSSR count). The van der Waals surface area contributed by atoms with Crippen LogP contribution in [0.2, 0.25) is 0 Å². The maximum Gasteiger partial charge on any atom is 0.349 e. The minimum Gasteiger partial charge on any atom is -0.394 e. The molecule has 0 aliphatic rings. The molecule has 90 valence electrons. The van der Waals surface area contributed by atoms with E-state index >= 15 is 0 Å². The van der Waals surface area contributed by atoms with E-state index in [2.05, 4.69) is 11.8 Å². The molecule has 0 saturated heterocycles. The number of hydrogen-bond donors (Lipinski definition) is 0. The standard InChI is InChI=1S/C14H18O2Si/c1-3-15-17(16-4-2)13-9-8-12-14-10-6-5-7-11-14/h5-7,9-11,13,17H,3-4H2,1-2H3. The van der Waals surface area contributed by atoms with E-state index in [1.807, 2.05) is 56.0 Å². The summed E-state index contributed by atoms with van der Waals surface area (Å²) in [5.41, 5.74) is 2.98. The highest BCUT2D eigenvalue weighted by atomic mass is 28.3. The average Bonchev–Trinajstić information content (AvgIpc) is 2.36. The summed E-state index contributed by atoms with van der Waals surface area (Å²) in [6, 6.07) is 9.91. The van der Waals surface area contributed by atoms with Gasteiger partial charge in [-0.2, -0.15) is 0 Å². The smallest absolute Gasteiger partial charge is 0.349 e. The molecule has 0 fully saturated rings. The molecule has 0 aromatic heterocycles. The average molecular weight is 246 g/mol. The van der Waals surface area contributed by atoms with Crippen LogP contribution in [0.1, 0.15) is 19.4 Å². The second kappa shape index (κ2) is 8.77. The van der Waals surface area contributed by atoms with E-state index in [4.69, 9.17) is 8.85 Å². The summed E-state index contributed by atoms with van der Waals surface area (Å²) in [6.45, 7) is 5.33.